The Labute approximate surface area is 83.6 Å². The molecular formula is C11H15NO2. The van der Waals surface area contributed by atoms with Gasteiger partial charge in [-0.3, -0.25) is 4.79 Å². The lowest BCUT2D eigenvalue weighted by Crippen LogP contribution is -2.30. The van der Waals surface area contributed by atoms with E-state index in [2.05, 4.69) is 0 Å². The Hall–Kier alpha value is -1.35. The van der Waals surface area contributed by atoms with Gasteiger partial charge in [0.1, 0.15) is 0 Å². The number of hydrogen-bond acceptors (Lipinski definition) is 2. The minimum Gasteiger partial charge on any atom is -0.481 e. The third-order valence-electron chi connectivity index (χ3n) is 2.25. The number of carbonyl (C=O) groups is 1. The molecule has 0 spiro atoms. The maximum atomic E-state index is 10.7. The summed E-state index contributed by atoms with van der Waals surface area (Å²) in [5.74, 6) is -1.32. The van der Waals surface area contributed by atoms with E-state index in [1.165, 1.54) is 0 Å². The number of carboxylic acid groups (broad SMARTS) is 1. The highest BCUT2D eigenvalue weighted by molar-refractivity contribution is 5.74. The van der Waals surface area contributed by atoms with E-state index in [0.717, 1.165) is 5.57 Å². The van der Waals surface area contributed by atoms with Gasteiger partial charge in [-0.2, -0.15) is 0 Å². The average molecular weight is 193 g/mol. The number of carboxylic acids is 1. The van der Waals surface area contributed by atoms with Crippen LogP contribution in [-0.4, -0.2) is 16.6 Å². The maximum Gasteiger partial charge on any atom is 0.310 e. The summed E-state index contributed by atoms with van der Waals surface area (Å²) < 4.78 is 0. The van der Waals surface area contributed by atoms with Gasteiger partial charge in [0, 0.05) is 0 Å². The lowest BCUT2D eigenvalue weighted by molar-refractivity contribution is -0.139. The summed E-state index contributed by atoms with van der Waals surface area (Å²) in [6, 6.07) is 0. The highest BCUT2D eigenvalue weighted by Gasteiger charge is 2.17. The van der Waals surface area contributed by atoms with Crippen molar-refractivity contribution < 1.29 is 9.90 Å². The van der Waals surface area contributed by atoms with Crippen molar-refractivity contribution in [3.05, 3.63) is 36.0 Å². The van der Waals surface area contributed by atoms with Crippen molar-refractivity contribution in [3.63, 3.8) is 0 Å². The van der Waals surface area contributed by atoms with Crippen LogP contribution in [-0.2, 0) is 4.79 Å². The zero-order chi connectivity index (χ0) is 10.8. The fourth-order valence-electron chi connectivity index (χ4n) is 1.18. The van der Waals surface area contributed by atoms with Crippen LogP contribution in [0.25, 0.3) is 0 Å². The molecule has 0 aromatic rings. The van der Waals surface area contributed by atoms with Gasteiger partial charge in [-0.15, -0.1) is 0 Å². The standard InChI is InChI=1S/C11H15NO2/c1-8(10(13)14)9-4-3-6-11(2,12)7-5-9/h3-8H,12H2,1-2H3,(H,13,14). The lowest BCUT2D eigenvalue weighted by atomic mass is 9.99. The molecule has 0 amide bonds. The highest BCUT2D eigenvalue weighted by Crippen LogP contribution is 2.18. The monoisotopic (exact) mass is 193 g/mol. The molecule has 0 saturated heterocycles. The molecule has 14 heavy (non-hydrogen) atoms. The van der Waals surface area contributed by atoms with Crippen LogP contribution in [0.5, 0.6) is 0 Å². The maximum absolute atomic E-state index is 10.7. The number of aliphatic carboxylic acids is 1. The van der Waals surface area contributed by atoms with Crippen LogP contribution in [0, 0.1) is 5.92 Å². The van der Waals surface area contributed by atoms with Gasteiger partial charge in [-0.1, -0.05) is 30.4 Å². The van der Waals surface area contributed by atoms with E-state index in [1.807, 2.05) is 19.1 Å². The number of rotatable bonds is 2. The summed E-state index contributed by atoms with van der Waals surface area (Å²) in [5.41, 5.74) is 6.14. The fourth-order valence-corrected chi connectivity index (χ4v) is 1.18. The van der Waals surface area contributed by atoms with Gasteiger partial charge in [0.25, 0.3) is 0 Å². The van der Waals surface area contributed by atoms with Crippen molar-refractivity contribution in [1.82, 2.24) is 0 Å². The lowest BCUT2D eigenvalue weighted by Gasteiger charge is -2.13. The van der Waals surface area contributed by atoms with Crippen LogP contribution < -0.4 is 5.73 Å². The number of nitrogens with two attached hydrogens (primary N) is 1. The van der Waals surface area contributed by atoms with Gasteiger partial charge < -0.3 is 10.8 Å². The smallest absolute Gasteiger partial charge is 0.310 e. The summed E-state index contributed by atoms with van der Waals surface area (Å²) >= 11 is 0. The van der Waals surface area contributed by atoms with Crippen molar-refractivity contribution in [2.75, 3.05) is 0 Å². The molecule has 3 nitrogen and oxygen atoms in total. The van der Waals surface area contributed by atoms with Gasteiger partial charge in [-0.25, -0.2) is 0 Å². The van der Waals surface area contributed by atoms with Gasteiger partial charge in [0.2, 0.25) is 0 Å². The molecule has 0 saturated carbocycles. The molecule has 2 unspecified atom stereocenters. The molecule has 0 fully saturated rings. The third-order valence-corrected chi connectivity index (χ3v) is 2.25. The first-order valence-electron chi connectivity index (χ1n) is 4.53. The summed E-state index contributed by atoms with van der Waals surface area (Å²) in [6.07, 6.45) is 9.01. The van der Waals surface area contributed by atoms with Gasteiger partial charge in [-0.05, 0) is 19.4 Å². The van der Waals surface area contributed by atoms with Crippen LogP contribution in [0.3, 0.4) is 0 Å². The SMILES string of the molecule is CC(C(=O)O)C1=CC=CC(C)(N)C=C1. The predicted molar refractivity (Wildman–Crippen MR) is 55.8 cm³/mol. The molecule has 0 heterocycles. The van der Waals surface area contributed by atoms with Crippen LogP contribution >= 0.6 is 0 Å². The molecule has 3 heteroatoms. The molecule has 0 aliphatic heterocycles. The van der Waals surface area contributed by atoms with Gasteiger partial charge >= 0.3 is 5.97 Å². The van der Waals surface area contributed by atoms with Crippen LogP contribution in [0.1, 0.15) is 13.8 Å². The van der Waals surface area contributed by atoms with E-state index in [1.54, 1.807) is 25.2 Å². The molecule has 0 bridgehead atoms. The molecule has 0 aromatic heterocycles. The van der Waals surface area contributed by atoms with E-state index in [0.29, 0.717) is 0 Å². The van der Waals surface area contributed by atoms with Crippen molar-refractivity contribution in [2.45, 2.75) is 19.4 Å². The zero-order valence-electron chi connectivity index (χ0n) is 8.40. The highest BCUT2D eigenvalue weighted by atomic mass is 16.4. The quantitative estimate of drug-likeness (QED) is 0.698. The van der Waals surface area contributed by atoms with Crippen molar-refractivity contribution in [2.24, 2.45) is 11.7 Å². The molecule has 2 atom stereocenters. The number of allylic oxidation sites excluding steroid dienone is 3. The molecule has 0 radical (unpaired) electrons. The molecular weight excluding hydrogens is 178 g/mol. The Bertz CT molecular complexity index is 324. The predicted octanol–water partition coefficient (Wildman–Crippen LogP) is 1.48. The van der Waals surface area contributed by atoms with Crippen LogP contribution in [0.4, 0.5) is 0 Å². The van der Waals surface area contributed by atoms with Crippen molar-refractivity contribution >= 4 is 5.97 Å². The Kier molecular flexibility index (Phi) is 2.91. The Balaban J connectivity index is 2.90. The zero-order valence-corrected chi connectivity index (χ0v) is 8.40. The summed E-state index contributed by atoms with van der Waals surface area (Å²) in [5, 5.41) is 8.83. The van der Waals surface area contributed by atoms with Gasteiger partial charge in [0.15, 0.2) is 0 Å². The molecule has 1 aliphatic rings. The Morgan fingerprint density at radius 2 is 2.21 bits per heavy atom. The van der Waals surface area contributed by atoms with Crippen LogP contribution in [0.2, 0.25) is 0 Å². The molecule has 1 aliphatic carbocycles. The minimum atomic E-state index is -0.824. The van der Waals surface area contributed by atoms with E-state index >= 15 is 0 Å². The largest absolute Gasteiger partial charge is 0.481 e. The summed E-state index contributed by atoms with van der Waals surface area (Å²) in [7, 11) is 0. The first-order chi connectivity index (χ1) is 6.42. The Morgan fingerprint density at radius 1 is 1.57 bits per heavy atom. The third kappa shape index (κ3) is 2.57. The molecule has 0 aromatic carbocycles. The van der Waals surface area contributed by atoms with Crippen LogP contribution in [0.15, 0.2) is 36.0 Å². The Morgan fingerprint density at radius 3 is 2.79 bits per heavy atom. The van der Waals surface area contributed by atoms with Crippen molar-refractivity contribution in [3.8, 4) is 0 Å². The topological polar surface area (TPSA) is 63.3 Å². The second-order valence-corrected chi connectivity index (χ2v) is 3.79. The summed E-state index contributed by atoms with van der Waals surface area (Å²) in [6.45, 7) is 3.52. The van der Waals surface area contributed by atoms with E-state index in [4.69, 9.17) is 10.8 Å². The van der Waals surface area contributed by atoms with Crippen molar-refractivity contribution in [1.29, 1.82) is 0 Å². The molecule has 1 rings (SSSR count). The van der Waals surface area contributed by atoms with Gasteiger partial charge in [0.05, 0.1) is 11.5 Å². The van der Waals surface area contributed by atoms with E-state index in [-0.39, 0.29) is 0 Å². The molecule has 76 valence electrons. The number of hydrogen-bond donors (Lipinski definition) is 2. The second kappa shape index (κ2) is 3.80. The fraction of sp³-hybridized carbons (Fsp3) is 0.364. The first kappa shape index (κ1) is 10.7. The average Bonchev–Trinajstić information content (AvgIpc) is 2.25. The minimum absolute atomic E-state index is 0.490. The van der Waals surface area contributed by atoms with E-state index < -0.39 is 17.4 Å². The van der Waals surface area contributed by atoms with E-state index in [9.17, 15) is 4.79 Å². The summed E-state index contributed by atoms with van der Waals surface area (Å²) in [4.78, 5) is 10.7. The molecule has 3 N–H and O–H groups in total. The normalized spacial score (nSPS) is 28.1. The second-order valence-electron chi connectivity index (χ2n) is 3.79. The first-order valence-corrected chi connectivity index (χ1v) is 4.53.